The summed E-state index contributed by atoms with van der Waals surface area (Å²) in [6.45, 7) is 3.92. The summed E-state index contributed by atoms with van der Waals surface area (Å²) < 4.78 is 50.8. The summed E-state index contributed by atoms with van der Waals surface area (Å²) in [4.78, 5) is 17.4. The number of rotatable bonds is 9. The Hall–Kier alpha value is -4.22. The molecule has 7 nitrogen and oxygen atoms in total. The van der Waals surface area contributed by atoms with Gasteiger partial charge in [-0.3, -0.25) is 9.79 Å². The van der Waals surface area contributed by atoms with E-state index in [1.165, 1.54) is 44.8 Å². The maximum atomic E-state index is 14.4. The van der Waals surface area contributed by atoms with E-state index in [9.17, 15) is 18.0 Å². The third-order valence-corrected chi connectivity index (χ3v) is 5.48. The minimum atomic E-state index is -1.10. The first kappa shape index (κ1) is 31.0. The van der Waals surface area contributed by atoms with Crippen LogP contribution in [0.2, 0.25) is 0 Å². The van der Waals surface area contributed by atoms with Crippen molar-refractivity contribution in [3.05, 3.63) is 118 Å². The molecule has 2 aromatic rings. The first-order chi connectivity index (χ1) is 18.6. The summed E-state index contributed by atoms with van der Waals surface area (Å²) in [6.07, 6.45) is 7.73. The van der Waals surface area contributed by atoms with Crippen LogP contribution < -0.4 is 16.8 Å². The maximum Gasteiger partial charge on any atom is 0.200 e. The summed E-state index contributed by atoms with van der Waals surface area (Å²) in [7, 11) is 2.95. The number of ketones is 1. The SMILES string of the molecule is C=N/C=C(\C=C1/CNC=C1C(=O)c1c(F)ccc(N)c1F)C(=C/C=C(\N)OC)/COC.Fc1cccc(S)c1. The number of hydrogen-bond acceptors (Lipinski definition) is 8. The fourth-order valence-corrected chi connectivity index (χ4v) is 3.52. The zero-order valence-electron chi connectivity index (χ0n) is 21.4. The molecule has 0 saturated heterocycles. The van der Waals surface area contributed by atoms with Gasteiger partial charge >= 0.3 is 0 Å². The van der Waals surface area contributed by atoms with Crippen molar-refractivity contribution in [3.63, 3.8) is 0 Å². The molecule has 0 atom stereocenters. The predicted molar refractivity (Wildman–Crippen MR) is 150 cm³/mol. The highest BCUT2D eigenvalue weighted by Gasteiger charge is 2.27. The minimum absolute atomic E-state index is 0.0991. The van der Waals surface area contributed by atoms with Crippen LogP contribution in [-0.2, 0) is 9.47 Å². The van der Waals surface area contributed by atoms with Gasteiger partial charge in [-0.15, -0.1) is 12.6 Å². The highest BCUT2D eigenvalue weighted by Crippen LogP contribution is 2.27. The van der Waals surface area contributed by atoms with Crippen LogP contribution in [0.25, 0.3) is 0 Å². The zero-order valence-corrected chi connectivity index (χ0v) is 22.3. The molecule has 0 radical (unpaired) electrons. The fraction of sp³-hybridized carbons (Fsp3) is 0.143. The molecule has 206 valence electrons. The Kier molecular flexibility index (Phi) is 12.1. The molecule has 1 aliphatic heterocycles. The molecule has 0 unspecified atom stereocenters. The fourth-order valence-electron chi connectivity index (χ4n) is 3.31. The van der Waals surface area contributed by atoms with Gasteiger partial charge in [-0.25, -0.2) is 13.2 Å². The van der Waals surface area contributed by atoms with Gasteiger partial charge in [0, 0.05) is 36.5 Å². The van der Waals surface area contributed by atoms with Gasteiger partial charge in [0.2, 0.25) is 5.78 Å². The lowest BCUT2D eigenvalue weighted by atomic mass is 9.95. The second-order valence-corrected chi connectivity index (χ2v) is 8.42. The molecule has 0 fully saturated rings. The number of methoxy groups -OCH3 is 2. The Morgan fingerprint density at radius 1 is 1.21 bits per heavy atom. The molecule has 0 bridgehead atoms. The number of halogens is 3. The molecule has 0 saturated carbocycles. The number of nitrogen functional groups attached to an aromatic ring is 1. The van der Waals surface area contributed by atoms with Crippen LogP contribution >= 0.6 is 12.6 Å². The zero-order chi connectivity index (χ0) is 28.9. The summed E-state index contributed by atoms with van der Waals surface area (Å²) in [5, 5.41) is 2.90. The van der Waals surface area contributed by atoms with Crippen molar-refractivity contribution in [1.82, 2.24) is 5.32 Å². The molecular weight excluding hydrogens is 529 g/mol. The average molecular weight is 559 g/mol. The predicted octanol–water partition coefficient (Wildman–Crippen LogP) is 4.86. The lowest BCUT2D eigenvalue weighted by Crippen LogP contribution is -2.12. The number of ether oxygens (including phenoxy) is 2. The van der Waals surface area contributed by atoms with Crippen LogP contribution in [0.3, 0.4) is 0 Å². The Bertz CT molecular complexity index is 1350. The monoisotopic (exact) mass is 558 g/mol. The summed E-state index contributed by atoms with van der Waals surface area (Å²) in [5.74, 6) is -2.98. The number of thiol groups is 1. The second kappa shape index (κ2) is 15.3. The molecule has 0 spiro atoms. The van der Waals surface area contributed by atoms with Crippen LogP contribution in [0, 0.1) is 17.5 Å². The van der Waals surface area contributed by atoms with Crippen molar-refractivity contribution in [2.45, 2.75) is 4.90 Å². The molecule has 0 aliphatic carbocycles. The summed E-state index contributed by atoms with van der Waals surface area (Å²) in [5.41, 5.74) is 11.9. The molecule has 11 heteroatoms. The van der Waals surface area contributed by atoms with E-state index in [-0.39, 0.29) is 36.1 Å². The van der Waals surface area contributed by atoms with Gasteiger partial charge in [-0.2, -0.15) is 0 Å². The van der Waals surface area contributed by atoms with E-state index in [1.54, 1.807) is 24.3 Å². The highest BCUT2D eigenvalue weighted by molar-refractivity contribution is 7.80. The third kappa shape index (κ3) is 8.94. The number of carbonyl (C=O) groups excluding carboxylic acids is 1. The standard InChI is InChI=1S/C22H24F2N4O3.C6H5FS/c1-27-9-14(13(12-30-2)4-7-19(26)31-3)8-15-10-28-11-16(15)22(29)20-17(23)5-6-18(25)21(20)24;7-5-2-1-3-6(8)4-5/h4-9,11,28H,1,10,12,25-26H2,2-3H3;1-4,8H/b13-4+,14-9+,15-8+,19-7+;. The lowest BCUT2D eigenvalue weighted by Gasteiger charge is -2.11. The van der Waals surface area contributed by atoms with Gasteiger partial charge in [-0.1, -0.05) is 12.1 Å². The smallest absolute Gasteiger partial charge is 0.200 e. The van der Waals surface area contributed by atoms with Crippen molar-refractivity contribution < 1.29 is 27.4 Å². The van der Waals surface area contributed by atoms with E-state index in [0.717, 1.165) is 12.1 Å². The Morgan fingerprint density at radius 3 is 2.54 bits per heavy atom. The van der Waals surface area contributed by atoms with Gasteiger partial charge in [0.25, 0.3) is 0 Å². The van der Waals surface area contributed by atoms with Crippen LogP contribution in [0.15, 0.2) is 105 Å². The number of Topliss-reactive ketones (excluding diaryl/α,β-unsaturated/α-hetero) is 1. The Balaban J connectivity index is 0.000000568. The van der Waals surface area contributed by atoms with Gasteiger partial charge in [0.05, 0.1) is 25.0 Å². The normalized spacial score (nSPS) is 14.8. The van der Waals surface area contributed by atoms with Gasteiger partial charge in [0.1, 0.15) is 11.6 Å². The number of allylic oxidation sites excluding steroid dienone is 3. The minimum Gasteiger partial charge on any atom is -0.483 e. The number of hydrogen-bond donors (Lipinski definition) is 4. The van der Waals surface area contributed by atoms with E-state index in [1.807, 2.05) is 0 Å². The average Bonchev–Trinajstić information content (AvgIpc) is 3.37. The van der Waals surface area contributed by atoms with Crippen LogP contribution in [-0.4, -0.2) is 39.9 Å². The molecule has 0 aromatic heterocycles. The van der Waals surface area contributed by atoms with E-state index in [0.29, 0.717) is 21.6 Å². The Morgan fingerprint density at radius 2 is 1.95 bits per heavy atom. The van der Waals surface area contributed by atoms with Gasteiger partial charge < -0.3 is 26.3 Å². The van der Waals surface area contributed by atoms with Gasteiger partial charge in [-0.05, 0) is 65.9 Å². The van der Waals surface area contributed by atoms with Crippen molar-refractivity contribution >= 4 is 30.8 Å². The molecular formula is C28H29F3N4O3S. The number of nitrogens with two attached hydrogens (primary N) is 2. The van der Waals surface area contributed by atoms with Crippen LogP contribution in [0.5, 0.6) is 0 Å². The molecule has 0 amide bonds. The van der Waals surface area contributed by atoms with E-state index in [2.05, 4.69) is 29.7 Å². The quantitative estimate of drug-likeness (QED) is 0.0874. The Labute approximate surface area is 230 Å². The molecule has 39 heavy (non-hydrogen) atoms. The molecule has 1 heterocycles. The third-order valence-electron chi connectivity index (χ3n) is 5.20. The summed E-state index contributed by atoms with van der Waals surface area (Å²) >= 11 is 3.91. The van der Waals surface area contributed by atoms with Gasteiger partial charge in [0.15, 0.2) is 11.7 Å². The van der Waals surface area contributed by atoms with Crippen molar-refractivity contribution in [3.8, 4) is 0 Å². The van der Waals surface area contributed by atoms with Crippen molar-refractivity contribution in [2.75, 3.05) is 33.1 Å². The first-order valence-electron chi connectivity index (χ1n) is 11.4. The van der Waals surface area contributed by atoms with E-state index >= 15 is 0 Å². The number of nitrogens with one attached hydrogen (secondary N) is 1. The molecule has 3 rings (SSSR count). The molecule has 2 aromatic carbocycles. The lowest BCUT2D eigenvalue weighted by molar-refractivity contribution is 0.102. The molecule has 1 aliphatic rings. The number of benzene rings is 2. The van der Waals surface area contributed by atoms with Crippen LogP contribution in [0.4, 0.5) is 18.9 Å². The summed E-state index contributed by atoms with van der Waals surface area (Å²) in [6, 6.07) is 8.13. The number of carbonyl (C=O) groups is 1. The van der Waals surface area contributed by atoms with E-state index < -0.39 is 23.0 Å². The highest BCUT2D eigenvalue weighted by atomic mass is 32.1. The van der Waals surface area contributed by atoms with Crippen LogP contribution in [0.1, 0.15) is 10.4 Å². The maximum absolute atomic E-state index is 14.4. The molecule has 5 N–H and O–H groups in total. The second-order valence-electron chi connectivity index (χ2n) is 7.91. The number of aliphatic imine (C=N–C) groups is 1. The number of anilines is 1. The van der Waals surface area contributed by atoms with Crippen molar-refractivity contribution in [1.29, 1.82) is 0 Å². The van der Waals surface area contributed by atoms with Crippen molar-refractivity contribution in [2.24, 2.45) is 10.7 Å². The number of nitrogens with zero attached hydrogens (tertiary/aromatic N) is 1. The topological polar surface area (TPSA) is 112 Å². The van der Waals surface area contributed by atoms with E-state index in [4.69, 9.17) is 20.9 Å². The largest absolute Gasteiger partial charge is 0.483 e. The first-order valence-corrected chi connectivity index (χ1v) is 11.8.